The lowest BCUT2D eigenvalue weighted by Gasteiger charge is -2.05. The number of nitrogens with one attached hydrogen (secondary N) is 1. The molecule has 0 heterocycles. The van der Waals surface area contributed by atoms with Crippen LogP contribution in [0.15, 0.2) is 0 Å². The SMILES string of the molecule is CCCS(=O)(=O)NC(=O)CCCCCCN. The van der Waals surface area contributed by atoms with Crippen molar-refractivity contribution in [3.05, 3.63) is 0 Å². The normalized spacial score (nSPS) is 11.4. The molecule has 0 rings (SSSR count). The molecule has 0 saturated carbocycles. The minimum atomic E-state index is -3.40. The Morgan fingerprint density at radius 2 is 1.81 bits per heavy atom. The molecule has 0 aliphatic rings. The highest BCUT2D eigenvalue weighted by Crippen LogP contribution is 2.02. The number of nitrogens with two attached hydrogens (primary N) is 1. The fraction of sp³-hybridized carbons (Fsp3) is 0.900. The molecule has 0 aliphatic heterocycles. The fourth-order valence-corrected chi connectivity index (χ4v) is 2.42. The Morgan fingerprint density at radius 1 is 1.19 bits per heavy atom. The highest BCUT2D eigenvalue weighted by atomic mass is 32.2. The lowest BCUT2D eigenvalue weighted by Crippen LogP contribution is -2.32. The number of hydrogen-bond donors (Lipinski definition) is 2. The summed E-state index contributed by atoms with van der Waals surface area (Å²) in [6, 6.07) is 0. The van der Waals surface area contributed by atoms with Crippen LogP contribution in [0.25, 0.3) is 0 Å². The van der Waals surface area contributed by atoms with Gasteiger partial charge in [-0.2, -0.15) is 0 Å². The van der Waals surface area contributed by atoms with E-state index >= 15 is 0 Å². The van der Waals surface area contributed by atoms with Gasteiger partial charge in [-0.1, -0.05) is 19.8 Å². The van der Waals surface area contributed by atoms with E-state index in [0.717, 1.165) is 19.3 Å². The summed E-state index contributed by atoms with van der Waals surface area (Å²) in [5.41, 5.74) is 5.33. The number of carbonyl (C=O) groups excluding carboxylic acids is 1. The highest BCUT2D eigenvalue weighted by Gasteiger charge is 2.12. The van der Waals surface area contributed by atoms with Crippen molar-refractivity contribution in [2.75, 3.05) is 12.3 Å². The second kappa shape index (κ2) is 8.52. The second-order valence-electron chi connectivity index (χ2n) is 3.80. The van der Waals surface area contributed by atoms with E-state index in [4.69, 9.17) is 5.73 Å². The maximum absolute atomic E-state index is 11.3. The van der Waals surface area contributed by atoms with E-state index < -0.39 is 15.9 Å². The number of unbranched alkanes of at least 4 members (excludes halogenated alkanes) is 3. The van der Waals surface area contributed by atoms with E-state index in [1.54, 1.807) is 6.92 Å². The minimum Gasteiger partial charge on any atom is -0.330 e. The maximum Gasteiger partial charge on any atom is 0.234 e. The summed E-state index contributed by atoms with van der Waals surface area (Å²) in [5, 5.41) is 0. The van der Waals surface area contributed by atoms with Gasteiger partial charge in [-0.05, 0) is 25.8 Å². The summed E-state index contributed by atoms with van der Waals surface area (Å²) in [4.78, 5) is 11.3. The van der Waals surface area contributed by atoms with Crippen LogP contribution in [-0.2, 0) is 14.8 Å². The third-order valence-corrected chi connectivity index (χ3v) is 3.58. The molecular weight excluding hydrogens is 228 g/mol. The maximum atomic E-state index is 11.3. The Balaban J connectivity index is 3.66. The standard InChI is InChI=1S/C10H22N2O3S/c1-2-9-16(14,15)12-10(13)7-5-3-4-6-8-11/h2-9,11H2,1H3,(H,12,13). The zero-order chi connectivity index (χ0) is 12.4. The van der Waals surface area contributed by atoms with Crippen molar-refractivity contribution in [1.82, 2.24) is 4.72 Å². The van der Waals surface area contributed by atoms with Crippen molar-refractivity contribution in [2.45, 2.75) is 45.4 Å². The average molecular weight is 250 g/mol. The van der Waals surface area contributed by atoms with E-state index in [1.807, 2.05) is 0 Å². The topological polar surface area (TPSA) is 89.3 Å². The predicted molar refractivity (Wildman–Crippen MR) is 64.4 cm³/mol. The quantitative estimate of drug-likeness (QED) is 0.591. The van der Waals surface area contributed by atoms with Crippen molar-refractivity contribution in [3.8, 4) is 0 Å². The first-order chi connectivity index (χ1) is 7.52. The number of amides is 1. The van der Waals surface area contributed by atoms with Gasteiger partial charge in [0, 0.05) is 6.42 Å². The van der Waals surface area contributed by atoms with Crippen LogP contribution in [0.1, 0.15) is 45.4 Å². The van der Waals surface area contributed by atoms with Crippen LogP contribution in [0, 0.1) is 0 Å². The van der Waals surface area contributed by atoms with Crippen LogP contribution >= 0.6 is 0 Å². The number of hydrogen-bond acceptors (Lipinski definition) is 4. The van der Waals surface area contributed by atoms with Crippen molar-refractivity contribution in [1.29, 1.82) is 0 Å². The van der Waals surface area contributed by atoms with Gasteiger partial charge in [-0.3, -0.25) is 9.52 Å². The van der Waals surface area contributed by atoms with Gasteiger partial charge < -0.3 is 5.73 Å². The molecule has 0 radical (unpaired) electrons. The van der Waals surface area contributed by atoms with Gasteiger partial charge in [0.05, 0.1) is 5.75 Å². The highest BCUT2D eigenvalue weighted by molar-refractivity contribution is 7.90. The molecule has 0 bridgehead atoms. The minimum absolute atomic E-state index is 0.00587. The molecule has 0 fully saturated rings. The summed E-state index contributed by atoms with van der Waals surface area (Å²) in [6.07, 6.45) is 4.36. The van der Waals surface area contributed by atoms with Crippen molar-refractivity contribution in [2.24, 2.45) is 5.73 Å². The molecule has 0 spiro atoms. The average Bonchev–Trinajstić information content (AvgIpc) is 2.16. The van der Waals surface area contributed by atoms with Gasteiger partial charge in [-0.25, -0.2) is 8.42 Å². The third kappa shape index (κ3) is 8.67. The number of sulfonamides is 1. The van der Waals surface area contributed by atoms with Gasteiger partial charge in [0.15, 0.2) is 0 Å². The molecule has 6 heteroatoms. The first-order valence-electron chi connectivity index (χ1n) is 5.75. The molecule has 96 valence electrons. The van der Waals surface area contributed by atoms with Gasteiger partial charge in [0.2, 0.25) is 15.9 Å². The summed E-state index contributed by atoms with van der Waals surface area (Å²) in [7, 11) is -3.40. The van der Waals surface area contributed by atoms with E-state index in [0.29, 0.717) is 19.4 Å². The lowest BCUT2D eigenvalue weighted by molar-refractivity contribution is -0.119. The summed E-state index contributed by atoms with van der Waals surface area (Å²) >= 11 is 0. The zero-order valence-electron chi connectivity index (χ0n) is 9.87. The largest absolute Gasteiger partial charge is 0.330 e. The number of carbonyl (C=O) groups is 1. The smallest absolute Gasteiger partial charge is 0.234 e. The second-order valence-corrected chi connectivity index (χ2v) is 5.64. The van der Waals surface area contributed by atoms with Crippen LogP contribution in [0.2, 0.25) is 0 Å². The Bertz CT molecular complexity index is 288. The molecule has 0 saturated heterocycles. The Kier molecular flexibility index (Phi) is 8.19. The summed E-state index contributed by atoms with van der Waals surface area (Å²) < 4.78 is 24.5. The first kappa shape index (κ1) is 15.4. The molecule has 5 nitrogen and oxygen atoms in total. The summed E-state index contributed by atoms with van der Waals surface area (Å²) in [5.74, 6) is -0.396. The molecule has 16 heavy (non-hydrogen) atoms. The van der Waals surface area contributed by atoms with Gasteiger partial charge in [-0.15, -0.1) is 0 Å². The van der Waals surface area contributed by atoms with Crippen molar-refractivity contribution < 1.29 is 13.2 Å². The van der Waals surface area contributed by atoms with Gasteiger partial charge >= 0.3 is 0 Å². The monoisotopic (exact) mass is 250 g/mol. The molecule has 3 N–H and O–H groups in total. The number of rotatable bonds is 9. The predicted octanol–water partition coefficient (Wildman–Crippen LogP) is 0.752. The van der Waals surface area contributed by atoms with Crippen LogP contribution < -0.4 is 10.5 Å². The van der Waals surface area contributed by atoms with Crippen LogP contribution in [0.3, 0.4) is 0 Å². The first-order valence-corrected chi connectivity index (χ1v) is 7.40. The molecule has 0 aromatic heterocycles. The Labute approximate surface area is 97.8 Å². The van der Waals surface area contributed by atoms with E-state index in [2.05, 4.69) is 4.72 Å². The van der Waals surface area contributed by atoms with Crippen LogP contribution in [-0.4, -0.2) is 26.6 Å². The van der Waals surface area contributed by atoms with Crippen LogP contribution in [0.5, 0.6) is 0 Å². The molecule has 0 atom stereocenters. The van der Waals surface area contributed by atoms with Gasteiger partial charge in [0.25, 0.3) is 0 Å². The van der Waals surface area contributed by atoms with Crippen molar-refractivity contribution in [3.63, 3.8) is 0 Å². The Hall–Kier alpha value is -0.620. The van der Waals surface area contributed by atoms with E-state index in [1.165, 1.54) is 0 Å². The fourth-order valence-electron chi connectivity index (χ4n) is 1.33. The molecule has 0 aromatic rings. The van der Waals surface area contributed by atoms with E-state index in [-0.39, 0.29) is 12.2 Å². The lowest BCUT2D eigenvalue weighted by atomic mass is 10.1. The van der Waals surface area contributed by atoms with E-state index in [9.17, 15) is 13.2 Å². The zero-order valence-corrected chi connectivity index (χ0v) is 10.7. The van der Waals surface area contributed by atoms with Gasteiger partial charge in [0.1, 0.15) is 0 Å². The Morgan fingerprint density at radius 3 is 2.38 bits per heavy atom. The molecular formula is C10H22N2O3S. The molecule has 0 unspecified atom stereocenters. The van der Waals surface area contributed by atoms with Crippen molar-refractivity contribution >= 4 is 15.9 Å². The molecule has 1 amide bonds. The molecule has 0 aromatic carbocycles. The third-order valence-electron chi connectivity index (χ3n) is 2.10. The molecule has 0 aliphatic carbocycles. The van der Waals surface area contributed by atoms with Crippen LogP contribution in [0.4, 0.5) is 0 Å². The summed E-state index contributed by atoms with van der Waals surface area (Å²) in [6.45, 7) is 2.42.